The number of methoxy groups -OCH3 is 1. The monoisotopic (exact) mass is 267 g/mol. The van der Waals surface area contributed by atoms with Gasteiger partial charge in [-0.25, -0.2) is 4.79 Å². The van der Waals surface area contributed by atoms with Crippen LogP contribution in [0.25, 0.3) is 0 Å². The summed E-state index contributed by atoms with van der Waals surface area (Å²) in [6.07, 6.45) is 2.90. The molecule has 1 fully saturated rings. The minimum atomic E-state index is -0.298. The van der Waals surface area contributed by atoms with E-state index < -0.39 is 0 Å². The number of hydrogen-bond acceptors (Lipinski definition) is 5. The third-order valence-corrected chi connectivity index (χ3v) is 3.49. The molecule has 1 atom stereocenters. The number of likely N-dealkylation sites (tertiary alicyclic amines) is 1. The number of esters is 1. The van der Waals surface area contributed by atoms with Crippen LogP contribution in [0.15, 0.2) is 6.20 Å². The minimum absolute atomic E-state index is 0.291. The van der Waals surface area contributed by atoms with Crippen LogP contribution in [-0.4, -0.2) is 53.6 Å². The van der Waals surface area contributed by atoms with Crippen LogP contribution < -0.4 is 0 Å². The molecule has 106 valence electrons. The first-order chi connectivity index (χ1) is 9.15. The summed E-state index contributed by atoms with van der Waals surface area (Å²) in [6, 6.07) is 0. The Balaban J connectivity index is 2.07. The number of aryl methyl sites for hydroxylation is 1. The highest BCUT2D eigenvalue weighted by Crippen LogP contribution is 2.18. The fraction of sp³-hybridized carbons (Fsp3) is 0.692. The second-order valence-corrected chi connectivity index (χ2v) is 4.73. The lowest BCUT2D eigenvalue weighted by molar-refractivity contribution is 0.0523. The van der Waals surface area contributed by atoms with Crippen LogP contribution in [0.2, 0.25) is 0 Å². The number of aromatic nitrogens is 2. The Morgan fingerprint density at radius 1 is 1.58 bits per heavy atom. The molecular weight excluding hydrogens is 246 g/mol. The summed E-state index contributed by atoms with van der Waals surface area (Å²) in [7, 11) is 3.59. The van der Waals surface area contributed by atoms with Crippen LogP contribution in [0.4, 0.5) is 0 Å². The Bertz CT molecular complexity index is 444. The molecule has 0 N–H and O–H groups in total. The standard InChI is InChI=1S/C13H21N3O3/c1-4-19-13(17)11-7-14-15(2)12(11)9-16-6-5-10(8-16)18-3/h7,10H,4-6,8-9H2,1-3H3. The van der Waals surface area contributed by atoms with Crippen LogP contribution in [0.3, 0.4) is 0 Å². The second kappa shape index (κ2) is 6.16. The summed E-state index contributed by atoms with van der Waals surface area (Å²) < 4.78 is 12.1. The highest BCUT2D eigenvalue weighted by atomic mass is 16.5. The Morgan fingerprint density at radius 3 is 3.00 bits per heavy atom. The van der Waals surface area contributed by atoms with Gasteiger partial charge in [-0.3, -0.25) is 9.58 Å². The molecule has 6 heteroatoms. The fourth-order valence-electron chi connectivity index (χ4n) is 2.37. The normalized spacial score (nSPS) is 19.8. The van der Waals surface area contributed by atoms with Gasteiger partial charge in [-0.2, -0.15) is 5.10 Å². The van der Waals surface area contributed by atoms with E-state index in [4.69, 9.17) is 9.47 Å². The van der Waals surface area contributed by atoms with E-state index in [1.54, 1.807) is 24.9 Å². The molecule has 6 nitrogen and oxygen atoms in total. The average Bonchev–Trinajstić information content (AvgIpc) is 2.98. The molecule has 0 aliphatic carbocycles. The molecule has 0 radical (unpaired) electrons. The van der Waals surface area contributed by atoms with Crippen LogP contribution in [-0.2, 0) is 23.1 Å². The Labute approximate surface area is 113 Å². The molecule has 0 saturated carbocycles. The molecular formula is C13H21N3O3. The number of nitrogens with zero attached hydrogens (tertiary/aromatic N) is 3. The Hall–Kier alpha value is -1.40. The third-order valence-electron chi connectivity index (χ3n) is 3.49. The lowest BCUT2D eigenvalue weighted by Gasteiger charge is -2.16. The largest absolute Gasteiger partial charge is 0.462 e. The first-order valence-electron chi connectivity index (χ1n) is 6.58. The zero-order valence-corrected chi connectivity index (χ0v) is 11.8. The van der Waals surface area contributed by atoms with Crippen molar-refractivity contribution in [3.8, 4) is 0 Å². The molecule has 1 unspecified atom stereocenters. The van der Waals surface area contributed by atoms with Crippen molar-refractivity contribution in [2.24, 2.45) is 7.05 Å². The first kappa shape index (κ1) is 14.0. The molecule has 1 aliphatic rings. The maximum absolute atomic E-state index is 11.9. The van der Waals surface area contributed by atoms with Crippen molar-refractivity contribution in [2.75, 3.05) is 26.8 Å². The second-order valence-electron chi connectivity index (χ2n) is 4.73. The van der Waals surface area contributed by atoms with Gasteiger partial charge in [-0.15, -0.1) is 0 Å². The van der Waals surface area contributed by atoms with Gasteiger partial charge >= 0.3 is 5.97 Å². The van der Waals surface area contributed by atoms with Crippen molar-refractivity contribution < 1.29 is 14.3 Å². The predicted molar refractivity (Wildman–Crippen MR) is 69.9 cm³/mol. The molecule has 1 aromatic heterocycles. The topological polar surface area (TPSA) is 56.6 Å². The van der Waals surface area contributed by atoms with E-state index in [1.165, 1.54) is 0 Å². The SMILES string of the molecule is CCOC(=O)c1cnn(C)c1CN1CCC(OC)C1. The summed E-state index contributed by atoms with van der Waals surface area (Å²) in [6.45, 7) is 4.75. The number of ether oxygens (including phenoxy) is 2. The quantitative estimate of drug-likeness (QED) is 0.739. The van der Waals surface area contributed by atoms with Gasteiger partial charge in [0.15, 0.2) is 0 Å². The van der Waals surface area contributed by atoms with Crippen molar-refractivity contribution in [3.63, 3.8) is 0 Å². The molecule has 1 saturated heterocycles. The minimum Gasteiger partial charge on any atom is -0.462 e. The molecule has 0 amide bonds. The zero-order chi connectivity index (χ0) is 13.8. The lowest BCUT2D eigenvalue weighted by Crippen LogP contribution is -2.25. The highest BCUT2D eigenvalue weighted by molar-refractivity contribution is 5.90. The van der Waals surface area contributed by atoms with Crippen molar-refractivity contribution in [3.05, 3.63) is 17.5 Å². The van der Waals surface area contributed by atoms with Crippen molar-refractivity contribution in [1.82, 2.24) is 14.7 Å². The van der Waals surface area contributed by atoms with E-state index in [2.05, 4.69) is 10.00 Å². The van der Waals surface area contributed by atoms with Crippen molar-refractivity contribution >= 4 is 5.97 Å². The van der Waals surface area contributed by atoms with Gasteiger partial charge in [0.05, 0.1) is 24.6 Å². The van der Waals surface area contributed by atoms with Crippen LogP contribution >= 0.6 is 0 Å². The van der Waals surface area contributed by atoms with E-state index in [-0.39, 0.29) is 5.97 Å². The molecule has 1 aromatic rings. The smallest absolute Gasteiger partial charge is 0.341 e. The Morgan fingerprint density at radius 2 is 2.37 bits per heavy atom. The van der Waals surface area contributed by atoms with Crippen molar-refractivity contribution in [2.45, 2.75) is 26.0 Å². The molecule has 2 rings (SSSR count). The summed E-state index contributed by atoms with van der Waals surface area (Å²) in [4.78, 5) is 14.1. The van der Waals surface area contributed by atoms with Gasteiger partial charge in [-0.1, -0.05) is 0 Å². The molecule has 19 heavy (non-hydrogen) atoms. The summed E-state index contributed by atoms with van der Waals surface area (Å²) in [5.41, 5.74) is 1.46. The first-order valence-corrected chi connectivity index (χ1v) is 6.58. The van der Waals surface area contributed by atoms with Gasteiger partial charge in [0.2, 0.25) is 0 Å². The zero-order valence-electron chi connectivity index (χ0n) is 11.8. The molecule has 0 bridgehead atoms. The maximum Gasteiger partial charge on any atom is 0.341 e. The fourth-order valence-corrected chi connectivity index (χ4v) is 2.37. The van der Waals surface area contributed by atoms with Crippen LogP contribution in [0, 0.1) is 0 Å². The van der Waals surface area contributed by atoms with E-state index in [0.717, 1.165) is 25.2 Å². The highest BCUT2D eigenvalue weighted by Gasteiger charge is 2.25. The van der Waals surface area contributed by atoms with Crippen molar-refractivity contribution in [1.29, 1.82) is 0 Å². The van der Waals surface area contributed by atoms with Crippen LogP contribution in [0.1, 0.15) is 29.4 Å². The number of hydrogen-bond donors (Lipinski definition) is 0. The van der Waals surface area contributed by atoms with Gasteiger partial charge in [-0.05, 0) is 13.3 Å². The van der Waals surface area contributed by atoms with E-state index in [0.29, 0.717) is 24.8 Å². The molecule has 2 heterocycles. The van der Waals surface area contributed by atoms with Gasteiger partial charge < -0.3 is 9.47 Å². The van der Waals surface area contributed by atoms with Gasteiger partial charge in [0.1, 0.15) is 5.56 Å². The molecule has 0 spiro atoms. The molecule has 1 aliphatic heterocycles. The maximum atomic E-state index is 11.9. The van der Waals surface area contributed by atoms with Gasteiger partial charge in [0.25, 0.3) is 0 Å². The number of carbonyl (C=O) groups excluding carboxylic acids is 1. The van der Waals surface area contributed by atoms with Gasteiger partial charge in [0, 0.05) is 33.8 Å². The number of rotatable bonds is 5. The predicted octanol–water partition coefficient (Wildman–Crippen LogP) is 0.817. The summed E-state index contributed by atoms with van der Waals surface area (Å²) >= 11 is 0. The number of carbonyl (C=O) groups is 1. The van der Waals surface area contributed by atoms with E-state index in [1.807, 2.05) is 7.05 Å². The summed E-state index contributed by atoms with van der Waals surface area (Å²) in [5.74, 6) is -0.298. The van der Waals surface area contributed by atoms with Crippen LogP contribution in [0.5, 0.6) is 0 Å². The lowest BCUT2D eigenvalue weighted by atomic mass is 10.2. The summed E-state index contributed by atoms with van der Waals surface area (Å²) in [5, 5.41) is 4.16. The third kappa shape index (κ3) is 3.13. The van der Waals surface area contributed by atoms with E-state index >= 15 is 0 Å². The average molecular weight is 267 g/mol. The van der Waals surface area contributed by atoms with E-state index in [9.17, 15) is 4.79 Å². The molecule has 0 aromatic carbocycles. The Kier molecular flexibility index (Phi) is 4.55.